The van der Waals surface area contributed by atoms with Gasteiger partial charge in [-0.05, 0) is 12.5 Å². The van der Waals surface area contributed by atoms with Crippen LogP contribution in [0.25, 0.3) is 0 Å². The van der Waals surface area contributed by atoms with Crippen molar-refractivity contribution in [1.29, 1.82) is 0 Å². The first kappa shape index (κ1) is 10.5. The highest BCUT2D eigenvalue weighted by molar-refractivity contribution is 5.94. The Labute approximate surface area is 82.2 Å². The molecule has 1 fully saturated rings. The summed E-state index contributed by atoms with van der Waals surface area (Å²) < 4.78 is 9.52. The SMILES string of the molecule is C=C(C)C(=C)OCC1CC(=O)OC1=O. The van der Waals surface area contributed by atoms with Gasteiger partial charge in [-0.3, -0.25) is 9.59 Å². The minimum atomic E-state index is -0.524. The van der Waals surface area contributed by atoms with Crippen molar-refractivity contribution in [3.8, 4) is 0 Å². The van der Waals surface area contributed by atoms with E-state index in [4.69, 9.17) is 4.74 Å². The van der Waals surface area contributed by atoms with Crippen molar-refractivity contribution in [3.63, 3.8) is 0 Å². The van der Waals surface area contributed by atoms with Gasteiger partial charge in [0.2, 0.25) is 0 Å². The van der Waals surface area contributed by atoms with Crippen LogP contribution in [0.4, 0.5) is 0 Å². The summed E-state index contributed by atoms with van der Waals surface area (Å²) in [5.41, 5.74) is 0.697. The van der Waals surface area contributed by atoms with Crippen LogP contribution in [0.1, 0.15) is 13.3 Å². The summed E-state index contributed by atoms with van der Waals surface area (Å²) in [5, 5.41) is 0. The molecule has 76 valence electrons. The number of esters is 2. The van der Waals surface area contributed by atoms with Gasteiger partial charge in [-0.15, -0.1) is 0 Å². The van der Waals surface area contributed by atoms with E-state index in [1.165, 1.54) is 0 Å². The van der Waals surface area contributed by atoms with Crippen LogP contribution in [0.3, 0.4) is 0 Å². The van der Waals surface area contributed by atoms with E-state index in [-0.39, 0.29) is 13.0 Å². The fourth-order valence-electron chi connectivity index (χ4n) is 0.973. The third-order valence-corrected chi connectivity index (χ3v) is 1.90. The van der Waals surface area contributed by atoms with Gasteiger partial charge in [-0.1, -0.05) is 13.2 Å². The summed E-state index contributed by atoms with van der Waals surface area (Å²) in [4.78, 5) is 21.7. The monoisotopic (exact) mass is 196 g/mol. The van der Waals surface area contributed by atoms with Crippen LogP contribution in [0, 0.1) is 5.92 Å². The van der Waals surface area contributed by atoms with Crippen molar-refractivity contribution in [2.45, 2.75) is 13.3 Å². The lowest BCUT2D eigenvalue weighted by atomic mass is 10.1. The maximum absolute atomic E-state index is 11.0. The van der Waals surface area contributed by atoms with Crippen molar-refractivity contribution in [3.05, 3.63) is 24.5 Å². The molecule has 0 aromatic rings. The number of ether oxygens (including phenoxy) is 2. The first-order valence-corrected chi connectivity index (χ1v) is 4.23. The molecule has 1 unspecified atom stereocenters. The predicted octanol–water partition coefficient (Wildman–Crippen LogP) is 1.18. The number of rotatable bonds is 4. The normalized spacial score (nSPS) is 20.5. The Balaban J connectivity index is 2.39. The Morgan fingerprint density at radius 2 is 2.21 bits per heavy atom. The van der Waals surface area contributed by atoms with Crippen LogP contribution < -0.4 is 0 Å². The molecule has 1 heterocycles. The largest absolute Gasteiger partial charge is 0.493 e. The molecule has 14 heavy (non-hydrogen) atoms. The molecule has 1 atom stereocenters. The van der Waals surface area contributed by atoms with Gasteiger partial charge in [-0.25, -0.2) is 0 Å². The van der Waals surface area contributed by atoms with Gasteiger partial charge in [0.25, 0.3) is 0 Å². The molecule has 0 radical (unpaired) electrons. The molecule has 0 aromatic carbocycles. The van der Waals surface area contributed by atoms with Gasteiger partial charge >= 0.3 is 11.9 Å². The smallest absolute Gasteiger partial charge is 0.320 e. The molecule has 1 aliphatic heterocycles. The van der Waals surface area contributed by atoms with Gasteiger partial charge < -0.3 is 9.47 Å². The van der Waals surface area contributed by atoms with Gasteiger partial charge in [0.15, 0.2) is 0 Å². The molecule has 4 heteroatoms. The molecule has 1 saturated heterocycles. The number of carbonyl (C=O) groups excluding carboxylic acids is 2. The second kappa shape index (κ2) is 4.09. The summed E-state index contributed by atoms with van der Waals surface area (Å²) in [6, 6.07) is 0. The van der Waals surface area contributed by atoms with Gasteiger partial charge in [0.05, 0.1) is 6.42 Å². The molecule has 0 saturated carbocycles. The lowest BCUT2D eigenvalue weighted by Gasteiger charge is -2.09. The first-order valence-electron chi connectivity index (χ1n) is 4.23. The third-order valence-electron chi connectivity index (χ3n) is 1.90. The maximum Gasteiger partial charge on any atom is 0.320 e. The molecule has 0 spiro atoms. The Kier molecular flexibility index (Phi) is 3.06. The average molecular weight is 196 g/mol. The predicted molar refractivity (Wildman–Crippen MR) is 49.1 cm³/mol. The van der Waals surface area contributed by atoms with E-state index in [0.29, 0.717) is 11.3 Å². The van der Waals surface area contributed by atoms with Gasteiger partial charge in [-0.2, -0.15) is 0 Å². The molecule has 0 aliphatic carbocycles. The van der Waals surface area contributed by atoms with E-state index in [9.17, 15) is 9.59 Å². The van der Waals surface area contributed by atoms with Gasteiger partial charge in [0, 0.05) is 0 Å². The zero-order valence-electron chi connectivity index (χ0n) is 8.04. The molecule has 0 amide bonds. The number of cyclic esters (lactones) is 2. The minimum absolute atomic E-state index is 0.0856. The highest BCUT2D eigenvalue weighted by Gasteiger charge is 2.33. The second-order valence-electron chi connectivity index (χ2n) is 3.21. The van der Waals surface area contributed by atoms with Crippen LogP contribution in [0.15, 0.2) is 24.5 Å². The molecule has 1 aliphatic rings. The fraction of sp³-hybridized carbons (Fsp3) is 0.400. The van der Waals surface area contributed by atoms with Crippen molar-refractivity contribution in [1.82, 2.24) is 0 Å². The third kappa shape index (κ3) is 2.45. The molecular weight excluding hydrogens is 184 g/mol. The molecule has 1 rings (SSSR count). The Morgan fingerprint density at radius 3 is 2.64 bits per heavy atom. The maximum atomic E-state index is 11.0. The lowest BCUT2D eigenvalue weighted by Crippen LogP contribution is -2.14. The number of allylic oxidation sites excluding steroid dienone is 1. The molecule has 4 nitrogen and oxygen atoms in total. The lowest BCUT2D eigenvalue weighted by molar-refractivity contribution is -0.153. The van der Waals surface area contributed by atoms with E-state index in [2.05, 4.69) is 17.9 Å². The molecule has 0 aromatic heterocycles. The van der Waals surface area contributed by atoms with Crippen molar-refractivity contribution in [2.24, 2.45) is 5.92 Å². The first-order chi connectivity index (χ1) is 6.50. The van der Waals surface area contributed by atoms with Crippen molar-refractivity contribution < 1.29 is 19.1 Å². The van der Waals surface area contributed by atoms with Crippen LogP contribution in [-0.2, 0) is 19.1 Å². The highest BCUT2D eigenvalue weighted by Crippen LogP contribution is 2.18. The average Bonchev–Trinajstić information content (AvgIpc) is 2.40. The van der Waals surface area contributed by atoms with E-state index in [0.717, 1.165) is 0 Å². The summed E-state index contributed by atoms with van der Waals surface area (Å²) in [6.07, 6.45) is 0.0856. The summed E-state index contributed by atoms with van der Waals surface area (Å²) in [5.74, 6) is -1.09. The number of hydrogen-bond acceptors (Lipinski definition) is 4. The summed E-state index contributed by atoms with van der Waals surface area (Å²) in [7, 11) is 0. The van der Waals surface area contributed by atoms with Gasteiger partial charge in [0.1, 0.15) is 18.3 Å². The Morgan fingerprint density at radius 1 is 1.57 bits per heavy atom. The Bertz CT molecular complexity index is 303. The zero-order chi connectivity index (χ0) is 10.7. The van der Waals surface area contributed by atoms with Crippen LogP contribution in [0.2, 0.25) is 0 Å². The van der Waals surface area contributed by atoms with E-state index >= 15 is 0 Å². The van der Waals surface area contributed by atoms with Crippen LogP contribution in [0.5, 0.6) is 0 Å². The summed E-state index contributed by atoms with van der Waals surface area (Å²) in [6.45, 7) is 9.10. The van der Waals surface area contributed by atoms with Crippen LogP contribution in [-0.4, -0.2) is 18.5 Å². The van der Waals surface area contributed by atoms with Crippen molar-refractivity contribution >= 4 is 11.9 Å². The molecule has 0 bridgehead atoms. The fourth-order valence-corrected chi connectivity index (χ4v) is 0.973. The standard InChI is InChI=1S/C10H12O4/c1-6(2)7(3)13-5-8-4-9(11)14-10(8)12/h8H,1,3-5H2,2H3. The van der Waals surface area contributed by atoms with E-state index in [1.54, 1.807) is 6.92 Å². The molecular formula is C10H12O4. The molecule has 0 N–H and O–H groups in total. The zero-order valence-corrected chi connectivity index (χ0v) is 8.04. The van der Waals surface area contributed by atoms with E-state index in [1.807, 2.05) is 0 Å². The highest BCUT2D eigenvalue weighted by atomic mass is 16.6. The topological polar surface area (TPSA) is 52.6 Å². The Hall–Kier alpha value is -1.58. The van der Waals surface area contributed by atoms with Crippen molar-refractivity contribution in [2.75, 3.05) is 6.61 Å². The van der Waals surface area contributed by atoms with Crippen LogP contribution >= 0.6 is 0 Å². The minimum Gasteiger partial charge on any atom is -0.493 e. The number of hydrogen-bond donors (Lipinski definition) is 0. The second-order valence-corrected chi connectivity index (χ2v) is 3.21. The summed E-state index contributed by atoms with van der Waals surface area (Å²) >= 11 is 0. The quantitative estimate of drug-likeness (QED) is 0.293. The number of carbonyl (C=O) groups is 2. The van der Waals surface area contributed by atoms with E-state index < -0.39 is 17.9 Å².